The highest BCUT2D eigenvalue weighted by Crippen LogP contribution is 2.08. The summed E-state index contributed by atoms with van der Waals surface area (Å²) in [5, 5.41) is 3.72. The first kappa shape index (κ1) is 7.23. The highest BCUT2D eigenvalue weighted by Gasteiger charge is 1.93. The fraction of sp³-hybridized carbons (Fsp3) is 0.286. The normalized spacial score (nSPS) is 9.10. The number of hydrogen-bond acceptors (Lipinski definition) is 3. The SMILES string of the molecule is C#CCSCc1ccon1. The number of thioether (sulfide) groups is 1. The van der Waals surface area contributed by atoms with Crippen LogP contribution in [0.5, 0.6) is 0 Å². The fourth-order valence-electron chi connectivity index (χ4n) is 0.527. The largest absolute Gasteiger partial charge is 0.364 e. The minimum absolute atomic E-state index is 0.729. The van der Waals surface area contributed by atoms with Gasteiger partial charge in [-0.15, -0.1) is 18.2 Å². The molecule has 2 nitrogen and oxygen atoms in total. The van der Waals surface area contributed by atoms with Crippen LogP contribution in [0.15, 0.2) is 16.9 Å². The average molecular weight is 153 g/mol. The van der Waals surface area contributed by atoms with E-state index in [-0.39, 0.29) is 0 Å². The summed E-state index contributed by atoms with van der Waals surface area (Å²) in [6.45, 7) is 0. The Morgan fingerprint density at radius 2 is 2.70 bits per heavy atom. The molecule has 0 bridgehead atoms. The summed E-state index contributed by atoms with van der Waals surface area (Å²) < 4.78 is 4.63. The fourth-order valence-corrected chi connectivity index (χ4v) is 1.10. The quantitative estimate of drug-likeness (QED) is 0.486. The van der Waals surface area contributed by atoms with Crippen LogP contribution in [0.25, 0.3) is 0 Å². The monoisotopic (exact) mass is 153 g/mol. The second-order valence-electron chi connectivity index (χ2n) is 1.69. The van der Waals surface area contributed by atoms with Gasteiger partial charge in [-0.25, -0.2) is 0 Å². The predicted molar refractivity (Wildman–Crippen MR) is 41.5 cm³/mol. The predicted octanol–water partition coefficient (Wildman–Crippen LogP) is 1.54. The standard InChI is InChI=1S/C7H7NOS/c1-2-5-10-6-7-3-4-9-8-7/h1,3-4H,5-6H2. The second kappa shape index (κ2) is 4.02. The zero-order valence-electron chi connectivity index (χ0n) is 5.41. The Morgan fingerprint density at radius 1 is 1.80 bits per heavy atom. The maximum atomic E-state index is 5.05. The third-order valence-electron chi connectivity index (χ3n) is 0.927. The van der Waals surface area contributed by atoms with Crippen LogP contribution in [0.2, 0.25) is 0 Å². The van der Waals surface area contributed by atoms with E-state index in [9.17, 15) is 0 Å². The van der Waals surface area contributed by atoms with Crippen molar-refractivity contribution in [3.05, 3.63) is 18.0 Å². The molecule has 0 atom stereocenters. The van der Waals surface area contributed by atoms with Crippen molar-refractivity contribution in [2.75, 3.05) is 5.75 Å². The minimum atomic E-state index is 0.729. The molecule has 3 heteroatoms. The number of nitrogens with zero attached hydrogens (tertiary/aromatic N) is 1. The van der Waals surface area contributed by atoms with E-state index < -0.39 is 0 Å². The van der Waals surface area contributed by atoms with Crippen molar-refractivity contribution in [1.29, 1.82) is 0 Å². The second-order valence-corrected chi connectivity index (χ2v) is 2.67. The average Bonchev–Trinajstić information content (AvgIpc) is 2.41. The van der Waals surface area contributed by atoms with Crippen LogP contribution in [0.3, 0.4) is 0 Å². The van der Waals surface area contributed by atoms with E-state index in [0.29, 0.717) is 0 Å². The lowest BCUT2D eigenvalue weighted by Crippen LogP contribution is -1.79. The van der Waals surface area contributed by atoms with Crippen molar-refractivity contribution in [2.45, 2.75) is 5.75 Å². The van der Waals surface area contributed by atoms with Crippen molar-refractivity contribution in [1.82, 2.24) is 5.16 Å². The van der Waals surface area contributed by atoms with Crippen LogP contribution >= 0.6 is 11.8 Å². The molecule has 0 aliphatic rings. The summed E-state index contributed by atoms with van der Waals surface area (Å²) in [4.78, 5) is 0. The lowest BCUT2D eigenvalue weighted by atomic mass is 10.5. The van der Waals surface area contributed by atoms with Gasteiger partial charge >= 0.3 is 0 Å². The van der Waals surface area contributed by atoms with E-state index in [4.69, 9.17) is 6.42 Å². The number of aromatic nitrogens is 1. The van der Waals surface area contributed by atoms with Crippen LogP contribution < -0.4 is 0 Å². The molecular weight excluding hydrogens is 146 g/mol. The van der Waals surface area contributed by atoms with Gasteiger partial charge in [-0.05, 0) is 0 Å². The van der Waals surface area contributed by atoms with Gasteiger partial charge < -0.3 is 4.52 Å². The Kier molecular flexibility index (Phi) is 2.91. The highest BCUT2D eigenvalue weighted by atomic mass is 32.2. The topological polar surface area (TPSA) is 26.0 Å². The van der Waals surface area contributed by atoms with Gasteiger partial charge in [0.25, 0.3) is 0 Å². The molecule has 1 aromatic heterocycles. The van der Waals surface area contributed by atoms with E-state index in [1.54, 1.807) is 18.0 Å². The first-order valence-corrected chi connectivity index (χ1v) is 3.99. The van der Waals surface area contributed by atoms with Gasteiger partial charge in [-0.2, -0.15) is 0 Å². The molecular formula is C7H7NOS. The highest BCUT2D eigenvalue weighted by molar-refractivity contribution is 7.98. The summed E-state index contributed by atoms with van der Waals surface area (Å²) in [5.41, 5.74) is 0.945. The van der Waals surface area contributed by atoms with Crippen LogP contribution in [0, 0.1) is 12.3 Å². The van der Waals surface area contributed by atoms with Crippen molar-refractivity contribution >= 4 is 11.8 Å². The molecule has 0 aromatic carbocycles. The molecule has 10 heavy (non-hydrogen) atoms. The first-order valence-electron chi connectivity index (χ1n) is 2.84. The molecule has 0 radical (unpaired) electrons. The molecule has 0 fully saturated rings. The summed E-state index contributed by atoms with van der Waals surface area (Å²) in [6.07, 6.45) is 6.61. The Balaban J connectivity index is 2.23. The van der Waals surface area contributed by atoms with Crippen molar-refractivity contribution < 1.29 is 4.52 Å². The smallest absolute Gasteiger partial charge is 0.124 e. The maximum absolute atomic E-state index is 5.05. The Bertz CT molecular complexity index is 212. The van der Waals surface area contributed by atoms with Crippen LogP contribution in [0.4, 0.5) is 0 Å². The molecule has 0 unspecified atom stereocenters. The van der Waals surface area contributed by atoms with Crippen molar-refractivity contribution in [3.8, 4) is 12.3 Å². The zero-order chi connectivity index (χ0) is 7.23. The van der Waals surface area contributed by atoms with E-state index in [0.717, 1.165) is 17.2 Å². The molecule has 52 valence electrons. The molecule has 0 saturated carbocycles. The molecule has 0 aliphatic heterocycles. The third-order valence-corrected chi connectivity index (χ3v) is 1.80. The molecule has 0 saturated heterocycles. The van der Waals surface area contributed by atoms with Gasteiger partial charge in [0.05, 0.1) is 11.4 Å². The Labute approximate surface area is 64.0 Å². The Hall–Kier alpha value is -0.880. The number of rotatable bonds is 3. The summed E-state index contributed by atoms with van der Waals surface area (Å²) in [5.74, 6) is 4.10. The van der Waals surface area contributed by atoms with Crippen molar-refractivity contribution in [3.63, 3.8) is 0 Å². The zero-order valence-corrected chi connectivity index (χ0v) is 6.23. The van der Waals surface area contributed by atoms with Crippen LogP contribution in [-0.4, -0.2) is 10.9 Å². The first-order chi connectivity index (χ1) is 4.93. The molecule has 1 rings (SSSR count). The Morgan fingerprint density at radius 3 is 3.30 bits per heavy atom. The molecule has 0 spiro atoms. The van der Waals surface area contributed by atoms with Gasteiger partial charge in [0.1, 0.15) is 6.26 Å². The van der Waals surface area contributed by atoms with Crippen molar-refractivity contribution in [2.24, 2.45) is 0 Å². The number of terminal acetylenes is 1. The number of hydrogen-bond donors (Lipinski definition) is 0. The lowest BCUT2D eigenvalue weighted by Gasteiger charge is -1.88. The molecule has 1 aromatic rings. The van der Waals surface area contributed by atoms with E-state index >= 15 is 0 Å². The van der Waals surface area contributed by atoms with E-state index in [1.165, 1.54) is 0 Å². The maximum Gasteiger partial charge on any atom is 0.124 e. The summed E-state index contributed by atoms with van der Waals surface area (Å²) in [7, 11) is 0. The molecule has 0 N–H and O–H groups in total. The van der Waals surface area contributed by atoms with Gasteiger partial charge in [0.2, 0.25) is 0 Å². The van der Waals surface area contributed by atoms with Gasteiger partial charge in [-0.3, -0.25) is 0 Å². The minimum Gasteiger partial charge on any atom is -0.364 e. The molecule has 0 amide bonds. The van der Waals surface area contributed by atoms with Gasteiger partial charge in [-0.1, -0.05) is 11.1 Å². The van der Waals surface area contributed by atoms with E-state index in [1.807, 2.05) is 6.07 Å². The van der Waals surface area contributed by atoms with Crippen LogP contribution in [0.1, 0.15) is 5.69 Å². The summed E-state index contributed by atoms with van der Waals surface area (Å²) >= 11 is 1.65. The summed E-state index contributed by atoms with van der Waals surface area (Å²) in [6, 6.07) is 1.84. The van der Waals surface area contributed by atoms with Crippen LogP contribution in [-0.2, 0) is 5.75 Å². The third kappa shape index (κ3) is 2.16. The molecule has 0 aliphatic carbocycles. The van der Waals surface area contributed by atoms with E-state index in [2.05, 4.69) is 15.6 Å². The lowest BCUT2D eigenvalue weighted by molar-refractivity contribution is 0.414. The van der Waals surface area contributed by atoms with Gasteiger partial charge in [0.15, 0.2) is 0 Å². The van der Waals surface area contributed by atoms with Gasteiger partial charge in [0, 0.05) is 11.8 Å². The molecule has 1 heterocycles.